The minimum absolute atomic E-state index is 0.0313. The van der Waals surface area contributed by atoms with Crippen molar-refractivity contribution in [1.82, 2.24) is 0 Å². The highest BCUT2D eigenvalue weighted by Gasteiger charge is 2.30. The molecule has 0 fully saturated rings. The number of carbonyl (C=O) groups is 3. The fourth-order valence-electron chi connectivity index (χ4n) is 2.62. The van der Waals surface area contributed by atoms with Gasteiger partial charge < -0.3 is 15.4 Å². The third-order valence-corrected chi connectivity index (χ3v) is 4.14. The highest BCUT2D eigenvalue weighted by Crippen LogP contribution is 2.30. The molecule has 0 radical (unpaired) electrons. The number of hydrogen-bond donors (Lipinski definition) is 2. The largest absolute Gasteiger partial charge is 0.456 e. The molecule has 0 atom stereocenters. The summed E-state index contributed by atoms with van der Waals surface area (Å²) < 4.78 is 42.9. The van der Waals surface area contributed by atoms with Gasteiger partial charge in [-0.05, 0) is 43.2 Å². The maximum absolute atomic E-state index is 12.7. The fraction of sp³-hybridized carbons (Fsp3) is 0.286. The summed E-state index contributed by atoms with van der Waals surface area (Å²) >= 11 is 0. The van der Waals surface area contributed by atoms with Gasteiger partial charge in [-0.15, -0.1) is 0 Å². The molecule has 6 nitrogen and oxygen atoms in total. The van der Waals surface area contributed by atoms with Crippen LogP contribution in [-0.2, 0) is 25.3 Å². The molecular formula is C21H21F3N2O4. The number of para-hydroxylation sites is 1. The van der Waals surface area contributed by atoms with Crippen molar-refractivity contribution < 1.29 is 32.3 Å². The van der Waals surface area contributed by atoms with Crippen molar-refractivity contribution in [3.63, 3.8) is 0 Å². The highest BCUT2D eigenvalue weighted by atomic mass is 19.4. The highest BCUT2D eigenvalue weighted by molar-refractivity contribution is 5.95. The molecule has 2 amide bonds. The molecule has 0 aromatic heterocycles. The molecule has 2 rings (SSSR count). The Kier molecular flexibility index (Phi) is 7.57. The monoisotopic (exact) mass is 422 g/mol. The summed E-state index contributed by atoms with van der Waals surface area (Å²) in [5.74, 6) is -1.94. The van der Waals surface area contributed by atoms with Gasteiger partial charge in [0.25, 0.3) is 5.91 Å². The first-order chi connectivity index (χ1) is 14.1. The van der Waals surface area contributed by atoms with E-state index < -0.39 is 36.1 Å². The van der Waals surface area contributed by atoms with Crippen molar-refractivity contribution >= 4 is 29.2 Å². The number of halogens is 3. The van der Waals surface area contributed by atoms with Crippen LogP contribution < -0.4 is 10.6 Å². The van der Waals surface area contributed by atoms with Crippen LogP contribution in [-0.4, -0.2) is 24.4 Å². The molecule has 30 heavy (non-hydrogen) atoms. The molecule has 0 saturated heterocycles. The van der Waals surface area contributed by atoms with Crippen LogP contribution in [0, 0.1) is 13.8 Å². The second-order valence-electron chi connectivity index (χ2n) is 6.60. The number of benzene rings is 2. The molecule has 0 unspecified atom stereocenters. The SMILES string of the molecule is Cc1cccc(C)c1NC(=O)COC(=O)CCC(=O)Nc1cccc(C(F)(F)F)c1. The van der Waals surface area contributed by atoms with Crippen molar-refractivity contribution in [2.24, 2.45) is 0 Å². The summed E-state index contributed by atoms with van der Waals surface area (Å²) in [6.07, 6.45) is -5.14. The molecule has 0 spiro atoms. The maximum atomic E-state index is 12.7. The lowest BCUT2D eigenvalue weighted by Crippen LogP contribution is -2.22. The average molecular weight is 422 g/mol. The van der Waals surface area contributed by atoms with Crippen LogP contribution in [0.1, 0.15) is 29.5 Å². The molecule has 0 saturated carbocycles. The van der Waals surface area contributed by atoms with Crippen LogP contribution >= 0.6 is 0 Å². The summed E-state index contributed by atoms with van der Waals surface area (Å²) in [7, 11) is 0. The molecule has 0 aliphatic heterocycles. The quantitative estimate of drug-likeness (QED) is 0.655. The Labute approximate surface area is 171 Å². The van der Waals surface area contributed by atoms with Gasteiger partial charge in [0.05, 0.1) is 12.0 Å². The molecule has 2 aromatic carbocycles. The summed E-state index contributed by atoms with van der Waals surface area (Å²) in [5, 5.41) is 4.96. The third-order valence-electron chi connectivity index (χ3n) is 4.14. The molecule has 0 heterocycles. The third kappa shape index (κ3) is 6.91. The van der Waals surface area contributed by atoms with Crippen molar-refractivity contribution in [2.75, 3.05) is 17.2 Å². The van der Waals surface area contributed by atoms with Gasteiger partial charge in [-0.2, -0.15) is 13.2 Å². The molecule has 2 N–H and O–H groups in total. The van der Waals surface area contributed by atoms with Gasteiger partial charge in [0, 0.05) is 17.8 Å². The summed E-state index contributed by atoms with van der Waals surface area (Å²) in [6.45, 7) is 3.15. The van der Waals surface area contributed by atoms with E-state index in [4.69, 9.17) is 4.74 Å². The van der Waals surface area contributed by atoms with Crippen LogP contribution in [0.15, 0.2) is 42.5 Å². The zero-order valence-electron chi connectivity index (χ0n) is 16.4. The number of aryl methyl sites for hydroxylation is 2. The molecule has 160 valence electrons. The predicted molar refractivity (Wildman–Crippen MR) is 105 cm³/mol. The maximum Gasteiger partial charge on any atom is 0.416 e. The van der Waals surface area contributed by atoms with E-state index in [9.17, 15) is 27.6 Å². The van der Waals surface area contributed by atoms with Crippen LogP contribution in [0.4, 0.5) is 24.5 Å². The number of nitrogens with one attached hydrogen (secondary N) is 2. The first-order valence-electron chi connectivity index (χ1n) is 9.05. The van der Waals surface area contributed by atoms with Crippen LogP contribution in [0.2, 0.25) is 0 Å². The first kappa shape index (κ1) is 22.9. The average Bonchev–Trinajstić information content (AvgIpc) is 2.67. The number of carbonyl (C=O) groups excluding carboxylic acids is 3. The van der Waals surface area contributed by atoms with Gasteiger partial charge >= 0.3 is 12.1 Å². The van der Waals surface area contributed by atoms with E-state index in [2.05, 4.69) is 10.6 Å². The molecule has 0 aliphatic carbocycles. The minimum atomic E-state index is -4.53. The zero-order chi connectivity index (χ0) is 22.3. The molecular weight excluding hydrogens is 401 g/mol. The number of alkyl halides is 3. The van der Waals surface area contributed by atoms with Crippen LogP contribution in [0.5, 0.6) is 0 Å². The zero-order valence-corrected chi connectivity index (χ0v) is 16.4. The van der Waals surface area contributed by atoms with Crippen molar-refractivity contribution in [2.45, 2.75) is 32.9 Å². The van der Waals surface area contributed by atoms with E-state index in [1.807, 2.05) is 32.0 Å². The Morgan fingerprint density at radius 2 is 1.53 bits per heavy atom. The Hall–Kier alpha value is -3.36. The molecule has 0 bridgehead atoms. The number of anilines is 2. The normalized spacial score (nSPS) is 11.0. The van der Waals surface area contributed by atoms with Crippen molar-refractivity contribution in [3.8, 4) is 0 Å². The number of hydrogen-bond acceptors (Lipinski definition) is 4. The Bertz CT molecular complexity index is 922. The Balaban J connectivity index is 1.76. The lowest BCUT2D eigenvalue weighted by Gasteiger charge is -2.12. The van der Waals surface area contributed by atoms with E-state index >= 15 is 0 Å². The van der Waals surface area contributed by atoms with Crippen LogP contribution in [0.3, 0.4) is 0 Å². The topological polar surface area (TPSA) is 84.5 Å². The van der Waals surface area contributed by atoms with E-state index in [0.29, 0.717) is 5.69 Å². The lowest BCUT2D eigenvalue weighted by molar-refractivity contribution is -0.147. The number of rotatable bonds is 7. The van der Waals surface area contributed by atoms with Gasteiger partial charge in [0.2, 0.25) is 5.91 Å². The Morgan fingerprint density at radius 1 is 0.900 bits per heavy atom. The van der Waals surface area contributed by atoms with Crippen molar-refractivity contribution in [3.05, 3.63) is 59.2 Å². The van der Waals surface area contributed by atoms with Gasteiger partial charge in [0.15, 0.2) is 6.61 Å². The summed E-state index contributed by atoms with van der Waals surface area (Å²) in [4.78, 5) is 35.6. The van der Waals surface area contributed by atoms with Gasteiger partial charge in [-0.3, -0.25) is 14.4 Å². The van der Waals surface area contributed by atoms with E-state index in [1.165, 1.54) is 12.1 Å². The van der Waals surface area contributed by atoms with Gasteiger partial charge in [0.1, 0.15) is 0 Å². The standard InChI is InChI=1S/C21H21F3N2O4/c1-13-5-3-6-14(2)20(13)26-18(28)12-30-19(29)10-9-17(27)25-16-8-4-7-15(11-16)21(22,23)24/h3-8,11H,9-10,12H2,1-2H3,(H,25,27)(H,26,28). The molecule has 0 aliphatic rings. The molecule has 9 heteroatoms. The van der Waals surface area contributed by atoms with E-state index in [1.54, 1.807) is 0 Å². The second kappa shape index (κ2) is 9.91. The summed E-state index contributed by atoms with van der Waals surface area (Å²) in [6, 6.07) is 9.68. The van der Waals surface area contributed by atoms with Gasteiger partial charge in [-0.25, -0.2) is 0 Å². The Morgan fingerprint density at radius 3 is 2.17 bits per heavy atom. The smallest absolute Gasteiger partial charge is 0.416 e. The number of ether oxygens (including phenoxy) is 1. The van der Waals surface area contributed by atoms with E-state index in [0.717, 1.165) is 23.3 Å². The number of amides is 2. The van der Waals surface area contributed by atoms with Gasteiger partial charge in [-0.1, -0.05) is 24.3 Å². The fourth-order valence-corrected chi connectivity index (χ4v) is 2.62. The predicted octanol–water partition coefficient (Wildman–Crippen LogP) is 4.22. The van der Waals surface area contributed by atoms with E-state index in [-0.39, 0.29) is 18.5 Å². The summed E-state index contributed by atoms with van der Waals surface area (Å²) in [5.41, 5.74) is 1.44. The van der Waals surface area contributed by atoms with Crippen LogP contribution in [0.25, 0.3) is 0 Å². The second-order valence-corrected chi connectivity index (χ2v) is 6.60. The molecule has 2 aromatic rings. The number of esters is 1. The van der Waals surface area contributed by atoms with Crippen molar-refractivity contribution in [1.29, 1.82) is 0 Å². The first-order valence-corrected chi connectivity index (χ1v) is 9.05. The lowest BCUT2D eigenvalue weighted by atomic mass is 10.1. The minimum Gasteiger partial charge on any atom is -0.456 e.